The minimum Gasteiger partial charge on any atom is -0.508 e. The van der Waals surface area contributed by atoms with Gasteiger partial charge in [0.15, 0.2) is 0 Å². The number of hydrogen-bond donors (Lipinski definition) is 1. The highest BCUT2D eigenvalue weighted by Gasteiger charge is 2.28. The van der Waals surface area contributed by atoms with Crippen LogP contribution in [0.2, 0.25) is 0 Å². The predicted octanol–water partition coefficient (Wildman–Crippen LogP) is 5.63. The number of rotatable bonds is 2. The van der Waals surface area contributed by atoms with Gasteiger partial charge >= 0.3 is 0 Å². The Labute approximate surface area is 135 Å². The van der Waals surface area contributed by atoms with E-state index in [2.05, 4.69) is 72.7 Å². The molecule has 2 aromatic carbocycles. The molecule has 0 bridgehead atoms. The Morgan fingerprint density at radius 1 is 0.727 bits per heavy atom. The van der Waals surface area contributed by atoms with E-state index in [-0.39, 0.29) is 10.8 Å². The van der Waals surface area contributed by atoms with Gasteiger partial charge in [-0.3, -0.25) is 0 Å². The summed E-state index contributed by atoms with van der Waals surface area (Å²) in [4.78, 5) is 0. The molecule has 0 saturated carbocycles. The number of aromatic hydroxyl groups is 1. The van der Waals surface area contributed by atoms with Crippen LogP contribution in [-0.2, 0) is 10.8 Å². The molecule has 0 aromatic heterocycles. The number of phenols is 1. The van der Waals surface area contributed by atoms with Crippen molar-refractivity contribution in [2.24, 2.45) is 0 Å². The number of phenolic OH excluding ortho intramolecular Hbond substituents is 1. The maximum atomic E-state index is 10.4. The normalized spacial score (nSPS) is 12.5. The lowest BCUT2D eigenvalue weighted by atomic mass is 9.74. The van der Waals surface area contributed by atoms with Crippen LogP contribution in [0.5, 0.6) is 5.75 Å². The zero-order valence-electron chi connectivity index (χ0n) is 14.9. The number of benzene rings is 2. The van der Waals surface area contributed by atoms with Gasteiger partial charge in [-0.2, -0.15) is 0 Å². The zero-order valence-corrected chi connectivity index (χ0v) is 14.9. The summed E-state index contributed by atoms with van der Waals surface area (Å²) < 4.78 is 0. The lowest BCUT2D eigenvalue weighted by molar-refractivity contribution is 0.451. The Bertz CT molecular complexity index is 667. The number of hydrogen-bond acceptors (Lipinski definition) is 1. The van der Waals surface area contributed by atoms with E-state index in [1.807, 2.05) is 12.1 Å². The van der Waals surface area contributed by atoms with Gasteiger partial charge in [-0.15, -0.1) is 0 Å². The Morgan fingerprint density at radius 3 is 1.77 bits per heavy atom. The fourth-order valence-corrected chi connectivity index (χ4v) is 2.99. The molecule has 0 atom stereocenters. The van der Waals surface area contributed by atoms with E-state index in [1.165, 1.54) is 22.3 Å². The first kappa shape index (κ1) is 16.6. The van der Waals surface area contributed by atoms with Crippen molar-refractivity contribution < 1.29 is 5.11 Å². The van der Waals surface area contributed by atoms with E-state index >= 15 is 0 Å². The molecule has 0 amide bonds. The first-order chi connectivity index (χ1) is 10.0. The molecule has 1 nitrogen and oxygen atoms in total. The zero-order chi connectivity index (χ0) is 16.7. The van der Waals surface area contributed by atoms with Gasteiger partial charge in [0.2, 0.25) is 0 Å². The van der Waals surface area contributed by atoms with E-state index in [0.29, 0.717) is 5.75 Å². The second kappa shape index (κ2) is 5.46. The summed E-state index contributed by atoms with van der Waals surface area (Å²) in [6.45, 7) is 15.2. The van der Waals surface area contributed by atoms with E-state index in [4.69, 9.17) is 0 Å². The van der Waals surface area contributed by atoms with Gasteiger partial charge in [-0.1, -0.05) is 76.1 Å². The van der Waals surface area contributed by atoms with Crippen molar-refractivity contribution in [1.29, 1.82) is 0 Å². The molecule has 1 heteroatoms. The van der Waals surface area contributed by atoms with E-state index < -0.39 is 0 Å². The van der Waals surface area contributed by atoms with Crippen LogP contribution in [0, 0.1) is 13.8 Å². The molecule has 0 aliphatic rings. The molecule has 0 unspecified atom stereocenters. The minimum atomic E-state index is -0.234. The monoisotopic (exact) mass is 296 g/mol. The van der Waals surface area contributed by atoms with Crippen molar-refractivity contribution in [3.8, 4) is 5.75 Å². The smallest absolute Gasteiger partial charge is 0.119 e. The average molecular weight is 296 g/mol. The molecule has 22 heavy (non-hydrogen) atoms. The SMILES string of the molecule is Cc1cc(C)cc(C(C)(C)c2cc(C(C)(C)C)ccc2O)c1. The summed E-state index contributed by atoms with van der Waals surface area (Å²) in [5, 5.41) is 10.4. The van der Waals surface area contributed by atoms with Gasteiger partial charge in [0.25, 0.3) is 0 Å². The Hall–Kier alpha value is -1.76. The highest BCUT2D eigenvalue weighted by atomic mass is 16.3. The summed E-state index contributed by atoms with van der Waals surface area (Å²) in [6.07, 6.45) is 0. The van der Waals surface area contributed by atoms with Crippen LogP contribution >= 0.6 is 0 Å². The van der Waals surface area contributed by atoms with Gasteiger partial charge < -0.3 is 5.11 Å². The van der Waals surface area contributed by atoms with Crippen LogP contribution in [-0.4, -0.2) is 5.11 Å². The highest BCUT2D eigenvalue weighted by molar-refractivity contribution is 5.49. The quantitative estimate of drug-likeness (QED) is 0.761. The molecule has 1 N–H and O–H groups in total. The fraction of sp³-hybridized carbons (Fsp3) is 0.429. The third kappa shape index (κ3) is 3.19. The molecule has 0 aliphatic carbocycles. The van der Waals surface area contributed by atoms with Crippen LogP contribution in [0.3, 0.4) is 0 Å². The summed E-state index contributed by atoms with van der Waals surface area (Å²) >= 11 is 0. The van der Waals surface area contributed by atoms with E-state index in [1.54, 1.807) is 0 Å². The van der Waals surface area contributed by atoms with Gasteiger partial charge in [-0.25, -0.2) is 0 Å². The lowest BCUT2D eigenvalue weighted by Gasteiger charge is -2.30. The number of aryl methyl sites for hydroxylation is 2. The van der Waals surface area contributed by atoms with Gasteiger partial charge in [0.05, 0.1) is 0 Å². The van der Waals surface area contributed by atoms with Gasteiger partial charge in [0, 0.05) is 11.0 Å². The van der Waals surface area contributed by atoms with Crippen molar-refractivity contribution in [1.82, 2.24) is 0 Å². The second-order valence-electron chi connectivity index (χ2n) is 7.98. The molecule has 0 heterocycles. The van der Waals surface area contributed by atoms with E-state index in [9.17, 15) is 5.11 Å². The minimum absolute atomic E-state index is 0.0705. The first-order valence-corrected chi connectivity index (χ1v) is 7.94. The largest absolute Gasteiger partial charge is 0.508 e. The molecule has 2 rings (SSSR count). The maximum Gasteiger partial charge on any atom is 0.119 e. The average Bonchev–Trinajstić information content (AvgIpc) is 2.36. The highest BCUT2D eigenvalue weighted by Crippen LogP contribution is 2.39. The van der Waals surface area contributed by atoms with Crippen LogP contribution in [0.15, 0.2) is 36.4 Å². The third-order valence-electron chi connectivity index (χ3n) is 4.48. The maximum absolute atomic E-state index is 10.4. The van der Waals surface area contributed by atoms with Gasteiger partial charge in [-0.05, 0) is 36.5 Å². The van der Waals surface area contributed by atoms with Crippen LogP contribution in [0.1, 0.15) is 62.4 Å². The molecule has 0 fully saturated rings. The predicted molar refractivity (Wildman–Crippen MR) is 94.9 cm³/mol. The van der Waals surface area contributed by atoms with Crippen molar-refractivity contribution in [3.05, 3.63) is 64.2 Å². The third-order valence-corrected chi connectivity index (χ3v) is 4.48. The van der Waals surface area contributed by atoms with Crippen LogP contribution in [0.25, 0.3) is 0 Å². The topological polar surface area (TPSA) is 20.2 Å². The van der Waals surface area contributed by atoms with Crippen LogP contribution in [0.4, 0.5) is 0 Å². The standard InChI is InChI=1S/C21H28O/c1-14-10-15(2)12-17(11-14)21(6,7)18-13-16(20(3,4)5)8-9-19(18)22/h8-13,22H,1-7H3. The van der Waals surface area contributed by atoms with Gasteiger partial charge in [0.1, 0.15) is 5.75 Å². The molecular weight excluding hydrogens is 268 g/mol. The first-order valence-electron chi connectivity index (χ1n) is 7.94. The molecule has 0 radical (unpaired) electrons. The Balaban J connectivity index is 2.62. The lowest BCUT2D eigenvalue weighted by Crippen LogP contribution is -2.21. The molecule has 0 spiro atoms. The van der Waals surface area contributed by atoms with Crippen molar-refractivity contribution in [2.45, 2.75) is 59.3 Å². The van der Waals surface area contributed by atoms with E-state index in [0.717, 1.165) is 5.56 Å². The molecule has 0 aliphatic heterocycles. The summed E-state index contributed by atoms with van der Waals surface area (Å²) in [7, 11) is 0. The second-order valence-corrected chi connectivity index (χ2v) is 7.98. The van der Waals surface area contributed by atoms with Crippen molar-refractivity contribution in [3.63, 3.8) is 0 Å². The van der Waals surface area contributed by atoms with Crippen LogP contribution < -0.4 is 0 Å². The molecule has 0 saturated heterocycles. The Kier molecular flexibility index (Phi) is 4.12. The summed E-state index contributed by atoms with van der Waals surface area (Å²) in [6, 6.07) is 12.6. The summed E-state index contributed by atoms with van der Waals surface area (Å²) in [5.74, 6) is 0.372. The summed E-state index contributed by atoms with van der Waals surface area (Å²) in [5.41, 5.74) is 5.83. The molecule has 2 aromatic rings. The molecule has 118 valence electrons. The van der Waals surface area contributed by atoms with Crippen molar-refractivity contribution in [2.75, 3.05) is 0 Å². The molecular formula is C21H28O. The Morgan fingerprint density at radius 2 is 1.27 bits per heavy atom. The fourth-order valence-electron chi connectivity index (χ4n) is 2.99. The van der Waals surface area contributed by atoms with Crippen molar-refractivity contribution >= 4 is 0 Å².